The van der Waals surface area contributed by atoms with E-state index in [9.17, 15) is 10.1 Å². The van der Waals surface area contributed by atoms with Crippen molar-refractivity contribution in [2.45, 2.75) is 45.6 Å². The summed E-state index contributed by atoms with van der Waals surface area (Å²) in [5.74, 6) is 0.540. The fraction of sp³-hybridized carbons (Fsp3) is 0.643. The van der Waals surface area contributed by atoms with Crippen LogP contribution in [-0.4, -0.2) is 23.0 Å². The predicted molar refractivity (Wildman–Crippen MR) is 74.3 cm³/mol. The average Bonchev–Trinajstić information content (AvgIpc) is 2.79. The Morgan fingerprint density at radius 2 is 2.21 bits per heavy atom. The van der Waals surface area contributed by atoms with Crippen molar-refractivity contribution in [2.24, 2.45) is 5.92 Å². The van der Waals surface area contributed by atoms with Gasteiger partial charge in [-0.15, -0.1) is 0 Å². The maximum Gasteiger partial charge on any atom is 0.278 e. The number of nitrogens with zero attached hydrogens (tertiary/aromatic N) is 2. The summed E-state index contributed by atoms with van der Waals surface area (Å²) >= 11 is 0. The minimum Gasteiger partial charge on any atom is -0.317 e. The van der Waals surface area contributed by atoms with Gasteiger partial charge < -0.3 is 5.32 Å². The molecule has 5 heteroatoms. The Bertz CT molecular complexity index is 488. The minimum absolute atomic E-state index is 0.226. The lowest BCUT2D eigenvalue weighted by Gasteiger charge is -2.19. The summed E-state index contributed by atoms with van der Waals surface area (Å²) in [6.07, 6.45) is 6.05. The maximum atomic E-state index is 11.1. The van der Waals surface area contributed by atoms with Gasteiger partial charge in [0.15, 0.2) is 0 Å². The summed E-state index contributed by atoms with van der Waals surface area (Å²) < 4.78 is 0. The molecule has 1 aliphatic carbocycles. The van der Waals surface area contributed by atoms with Crippen molar-refractivity contribution < 1.29 is 4.92 Å². The molecule has 1 N–H and O–H groups in total. The molecule has 0 bridgehead atoms. The quantitative estimate of drug-likeness (QED) is 0.669. The van der Waals surface area contributed by atoms with Crippen molar-refractivity contribution in [3.8, 4) is 0 Å². The van der Waals surface area contributed by atoms with Crippen LogP contribution in [0.25, 0.3) is 0 Å². The van der Waals surface area contributed by atoms with Gasteiger partial charge in [0.25, 0.3) is 5.69 Å². The molecule has 0 amide bonds. The molecule has 1 saturated carbocycles. The second-order valence-corrected chi connectivity index (χ2v) is 5.41. The van der Waals surface area contributed by atoms with Gasteiger partial charge in [-0.25, -0.2) is 0 Å². The fourth-order valence-electron chi connectivity index (χ4n) is 3.16. The molecule has 1 aromatic heterocycles. The third-order valence-electron chi connectivity index (χ3n) is 4.24. The molecule has 2 unspecified atom stereocenters. The van der Waals surface area contributed by atoms with Crippen LogP contribution >= 0.6 is 0 Å². The molecule has 1 aliphatic rings. The first-order chi connectivity index (χ1) is 9.04. The zero-order chi connectivity index (χ0) is 14.0. The summed E-state index contributed by atoms with van der Waals surface area (Å²) in [4.78, 5) is 15.2. The molecule has 0 saturated heterocycles. The second-order valence-electron chi connectivity index (χ2n) is 5.41. The number of aromatic nitrogens is 1. The first-order valence-electron chi connectivity index (χ1n) is 6.81. The highest BCUT2D eigenvalue weighted by Crippen LogP contribution is 2.31. The van der Waals surface area contributed by atoms with Crippen molar-refractivity contribution in [1.29, 1.82) is 0 Å². The van der Waals surface area contributed by atoms with Gasteiger partial charge in [0.1, 0.15) is 0 Å². The lowest BCUT2D eigenvalue weighted by molar-refractivity contribution is -0.386. The zero-order valence-corrected chi connectivity index (χ0v) is 11.8. The van der Waals surface area contributed by atoms with Crippen molar-refractivity contribution in [3.05, 3.63) is 33.1 Å². The Balaban J connectivity index is 2.26. The number of hydrogen-bond donors (Lipinski definition) is 1. The summed E-state index contributed by atoms with van der Waals surface area (Å²) in [6, 6.07) is 0.515. The standard InChI is InChI=1S/C14H21N3O2/c1-9-8-16-13(10(2)14(9)17(18)19)7-11-5-4-6-12(11)15-3/h8,11-12,15H,4-7H2,1-3H3. The smallest absolute Gasteiger partial charge is 0.278 e. The van der Waals surface area contributed by atoms with E-state index in [-0.39, 0.29) is 10.6 Å². The summed E-state index contributed by atoms with van der Waals surface area (Å²) in [7, 11) is 1.99. The van der Waals surface area contributed by atoms with Crippen LogP contribution < -0.4 is 5.32 Å². The van der Waals surface area contributed by atoms with Gasteiger partial charge in [-0.05, 0) is 46.1 Å². The lowest BCUT2D eigenvalue weighted by Crippen LogP contribution is -2.30. The molecular weight excluding hydrogens is 242 g/mol. The largest absolute Gasteiger partial charge is 0.317 e. The van der Waals surface area contributed by atoms with E-state index in [1.54, 1.807) is 13.1 Å². The van der Waals surface area contributed by atoms with E-state index in [1.165, 1.54) is 19.3 Å². The molecule has 0 aromatic carbocycles. The zero-order valence-electron chi connectivity index (χ0n) is 11.8. The number of hydrogen-bond acceptors (Lipinski definition) is 4. The molecule has 0 spiro atoms. The minimum atomic E-state index is -0.292. The molecule has 1 heterocycles. The molecule has 1 fully saturated rings. The van der Waals surface area contributed by atoms with E-state index in [0.717, 1.165) is 17.7 Å². The van der Waals surface area contributed by atoms with Crippen molar-refractivity contribution in [2.75, 3.05) is 7.05 Å². The summed E-state index contributed by atoms with van der Waals surface area (Å²) in [6.45, 7) is 3.56. The highest BCUT2D eigenvalue weighted by molar-refractivity contribution is 5.47. The van der Waals surface area contributed by atoms with Crippen molar-refractivity contribution in [3.63, 3.8) is 0 Å². The Morgan fingerprint density at radius 3 is 2.84 bits per heavy atom. The average molecular weight is 263 g/mol. The molecular formula is C14H21N3O2. The highest BCUT2D eigenvalue weighted by Gasteiger charge is 2.28. The van der Waals surface area contributed by atoms with Crippen LogP contribution in [0.3, 0.4) is 0 Å². The molecule has 0 radical (unpaired) electrons. The highest BCUT2D eigenvalue weighted by atomic mass is 16.6. The van der Waals surface area contributed by atoms with E-state index in [0.29, 0.717) is 17.5 Å². The van der Waals surface area contributed by atoms with Crippen LogP contribution in [0, 0.1) is 29.9 Å². The first kappa shape index (κ1) is 13.9. The van der Waals surface area contributed by atoms with E-state index >= 15 is 0 Å². The van der Waals surface area contributed by atoms with Gasteiger partial charge in [-0.2, -0.15) is 0 Å². The number of nitro groups is 1. The van der Waals surface area contributed by atoms with Gasteiger partial charge in [-0.3, -0.25) is 15.1 Å². The number of aryl methyl sites for hydroxylation is 1. The van der Waals surface area contributed by atoms with E-state index in [1.807, 2.05) is 14.0 Å². The normalized spacial score (nSPS) is 22.7. The molecule has 0 aliphatic heterocycles. The summed E-state index contributed by atoms with van der Waals surface area (Å²) in [5.41, 5.74) is 2.48. The van der Waals surface area contributed by atoms with Crippen LogP contribution in [0.4, 0.5) is 5.69 Å². The molecule has 2 atom stereocenters. The Morgan fingerprint density at radius 1 is 1.47 bits per heavy atom. The van der Waals surface area contributed by atoms with Gasteiger partial charge in [0.2, 0.25) is 0 Å². The van der Waals surface area contributed by atoms with Crippen LogP contribution in [-0.2, 0) is 6.42 Å². The maximum absolute atomic E-state index is 11.1. The van der Waals surface area contributed by atoms with Crippen LogP contribution in [0.5, 0.6) is 0 Å². The number of pyridine rings is 1. The second kappa shape index (κ2) is 5.65. The topological polar surface area (TPSA) is 68.1 Å². The van der Waals surface area contributed by atoms with Crippen LogP contribution in [0.2, 0.25) is 0 Å². The molecule has 2 rings (SSSR count). The number of rotatable bonds is 4. The van der Waals surface area contributed by atoms with E-state index in [2.05, 4.69) is 10.3 Å². The Kier molecular flexibility index (Phi) is 4.14. The van der Waals surface area contributed by atoms with Crippen LogP contribution in [0.15, 0.2) is 6.20 Å². The third-order valence-corrected chi connectivity index (χ3v) is 4.24. The fourth-order valence-corrected chi connectivity index (χ4v) is 3.16. The monoisotopic (exact) mass is 263 g/mol. The van der Waals surface area contributed by atoms with Gasteiger partial charge in [0.05, 0.1) is 10.6 Å². The molecule has 19 heavy (non-hydrogen) atoms. The molecule has 104 valence electrons. The Labute approximate surface area is 113 Å². The van der Waals surface area contributed by atoms with Crippen molar-refractivity contribution >= 4 is 5.69 Å². The van der Waals surface area contributed by atoms with Gasteiger partial charge in [0, 0.05) is 23.4 Å². The van der Waals surface area contributed by atoms with E-state index < -0.39 is 0 Å². The van der Waals surface area contributed by atoms with E-state index in [4.69, 9.17) is 0 Å². The SMILES string of the molecule is CNC1CCCC1Cc1ncc(C)c([N+](=O)[O-])c1C. The predicted octanol–water partition coefficient (Wildman–Crippen LogP) is 2.54. The van der Waals surface area contributed by atoms with Crippen molar-refractivity contribution in [1.82, 2.24) is 10.3 Å². The molecule has 5 nitrogen and oxygen atoms in total. The number of nitrogens with one attached hydrogen (secondary N) is 1. The first-order valence-corrected chi connectivity index (χ1v) is 6.81. The molecule has 1 aromatic rings. The van der Waals surface area contributed by atoms with Gasteiger partial charge in [-0.1, -0.05) is 6.42 Å². The van der Waals surface area contributed by atoms with Crippen LogP contribution in [0.1, 0.15) is 36.1 Å². The Hall–Kier alpha value is -1.49. The summed E-state index contributed by atoms with van der Waals surface area (Å²) in [5, 5.41) is 14.5. The lowest BCUT2D eigenvalue weighted by atomic mass is 9.94. The van der Waals surface area contributed by atoms with Gasteiger partial charge >= 0.3 is 0 Å². The third kappa shape index (κ3) is 2.76.